The molecule has 9 heteroatoms. The minimum atomic E-state index is -0.503. The molecule has 9 nitrogen and oxygen atoms in total. The molecule has 0 aliphatic carbocycles. The van der Waals surface area contributed by atoms with Crippen LogP contribution in [0.25, 0.3) is 10.9 Å². The van der Waals surface area contributed by atoms with Gasteiger partial charge in [0, 0.05) is 6.54 Å². The fourth-order valence-electron chi connectivity index (χ4n) is 3.06. The zero-order chi connectivity index (χ0) is 21.1. The first-order chi connectivity index (χ1) is 14.5. The lowest BCUT2D eigenvalue weighted by Gasteiger charge is -2.08. The third-order valence-electron chi connectivity index (χ3n) is 4.60. The highest BCUT2D eigenvalue weighted by Crippen LogP contribution is 2.12. The summed E-state index contributed by atoms with van der Waals surface area (Å²) < 4.78 is 11.7. The van der Waals surface area contributed by atoms with Crippen LogP contribution in [0.2, 0.25) is 0 Å². The summed E-state index contributed by atoms with van der Waals surface area (Å²) in [5, 5.41) is 7.04. The van der Waals surface area contributed by atoms with Crippen LogP contribution in [0.3, 0.4) is 0 Å². The largest absolute Gasteiger partial charge is 0.497 e. The van der Waals surface area contributed by atoms with Gasteiger partial charge in [-0.05, 0) is 36.8 Å². The first-order valence-corrected chi connectivity index (χ1v) is 9.25. The summed E-state index contributed by atoms with van der Waals surface area (Å²) in [5.41, 5.74) is 1.29. The lowest BCUT2D eigenvalue weighted by molar-refractivity contribution is 0.0907. The second kappa shape index (κ2) is 8.16. The number of ether oxygens (including phenoxy) is 1. The fraction of sp³-hybridized carbons (Fsp3) is 0.190. The molecule has 2 aromatic heterocycles. The van der Waals surface area contributed by atoms with Crippen molar-refractivity contribution in [3.63, 3.8) is 0 Å². The quantitative estimate of drug-likeness (QED) is 0.523. The molecular formula is C21H19N5O4. The van der Waals surface area contributed by atoms with Crippen LogP contribution in [0.4, 0.5) is 0 Å². The number of benzene rings is 2. The van der Waals surface area contributed by atoms with E-state index >= 15 is 0 Å². The second-order valence-electron chi connectivity index (χ2n) is 6.62. The zero-order valence-electron chi connectivity index (χ0n) is 16.5. The van der Waals surface area contributed by atoms with E-state index in [1.807, 2.05) is 30.3 Å². The van der Waals surface area contributed by atoms with Gasteiger partial charge in [-0.3, -0.25) is 14.2 Å². The van der Waals surface area contributed by atoms with Crippen LogP contribution in [0.5, 0.6) is 5.75 Å². The lowest BCUT2D eigenvalue weighted by atomic mass is 10.2. The molecular weight excluding hydrogens is 386 g/mol. The Bertz CT molecular complexity index is 1280. The van der Waals surface area contributed by atoms with Crippen molar-refractivity contribution in [1.82, 2.24) is 25.0 Å². The third kappa shape index (κ3) is 3.90. The van der Waals surface area contributed by atoms with Crippen LogP contribution in [-0.4, -0.2) is 32.7 Å². The summed E-state index contributed by atoms with van der Waals surface area (Å²) in [6.45, 7) is 2.06. The van der Waals surface area contributed by atoms with Gasteiger partial charge in [-0.15, -0.1) is 0 Å². The standard InChI is InChI=1S/C21H19N5O4/c1-13-23-17-9-4-3-8-16(17)21(28)26(13)12-18-24-20(30-25-18)19(27)22-11-14-6-5-7-15(10-14)29-2/h3-10H,11-12H2,1-2H3,(H,22,27). The molecule has 0 saturated carbocycles. The molecule has 0 atom stereocenters. The van der Waals surface area contributed by atoms with E-state index in [4.69, 9.17) is 9.26 Å². The number of hydrogen-bond acceptors (Lipinski definition) is 7. The van der Waals surface area contributed by atoms with Gasteiger partial charge in [-0.25, -0.2) is 4.98 Å². The van der Waals surface area contributed by atoms with Crippen LogP contribution in [0.1, 0.15) is 27.9 Å². The lowest BCUT2D eigenvalue weighted by Crippen LogP contribution is -2.25. The monoisotopic (exact) mass is 405 g/mol. The number of nitrogens with one attached hydrogen (secondary N) is 1. The topological polar surface area (TPSA) is 112 Å². The van der Waals surface area contributed by atoms with Crippen molar-refractivity contribution >= 4 is 16.8 Å². The molecule has 2 heterocycles. The Kier molecular flexibility index (Phi) is 5.25. The molecule has 30 heavy (non-hydrogen) atoms. The predicted octanol–water partition coefficient (Wildman–Crippen LogP) is 2.07. The molecule has 4 aromatic rings. The van der Waals surface area contributed by atoms with Gasteiger partial charge >= 0.3 is 11.8 Å². The summed E-state index contributed by atoms with van der Waals surface area (Å²) >= 11 is 0. The Balaban J connectivity index is 1.48. The van der Waals surface area contributed by atoms with Crippen LogP contribution >= 0.6 is 0 Å². The number of nitrogens with zero attached hydrogens (tertiary/aromatic N) is 4. The van der Waals surface area contributed by atoms with E-state index < -0.39 is 5.91 Å². The Labute approximate surface area is 171 Å². The average molecular weight is 405 g/mol. The van der Waals surface area contributed by atoms with E-state index in [9.17, 15) is 9.59 Å². The molecule has 2 aromatic carbocycles. The Hall–Kier alpha value is -4.01. The predicted molar refractivity (Wildman–Crippen MR) is 108 cm³/mol. The number of carbonyl (C=O) groups excluding carboxylic acids is 1. The highest BCUT2D eigenvalue weighted by Gasteiger charge is 2.17. The molecule has 0 saturated heterocycles. The third-order valence-corrected chi connectivity index (χ3v) is 4.60. The van der Waals surface area contributed by atoms with Crippen LogP contribution in [-0.2, 0) is 13.1 Å². The molecule has 152 valence electrons. The minimum Gasteiger partial charge on any atom is -0.497 e. The normalized spacial score (nSPS) is 10.9. The number of para-hydroxylation sites is 1. The molecule has 0 radical (unpaired) electrons. The van der Waals surface area contributed by atoms with Crippen molar-refractivity contribution in [2.45, 2.75) is 20.0 Å². The minimum absolute atomic E-state index is 0.0508. The summed E-state index contributed by atoms with van der Waals surface area (Å²) in [7, 11) is 1.58. The summed E-state index contributed by atoms with van der Waals surface area (Å²) in [6, 6.07) is 14.5. The van der Waals surface area contributed by atoms with Crippen molar-refractivity contribution in [3.05, 3.63) is 82.0 Å². The molecule has 0 aliphatic heterocycles. The molecule has 0 bridgehead atoms. The zero-order valence-corrected chi connectivity index (χ0v) is 16.5. The Morgan fingerprint density at radius 1 is 1.17 bits per heavy atom. The van der Waals surface area contributed by atoms with Crippen molar-refractivity contribution in [2.75, 3.05) is 7.11 Å². The molecule has 1 N–H and O–H groups in total. The van der Waals surface area contributed by atoms with Crippen LogP contribution in [0, 0.1) is 6.92 Å². The molecule has 0 unspecified atom stereocenters. The highest BCUT2D eigenvalue weighted by molar-refractivity contribution is 5.89. The maximum absolute atomic E-state index is 12.8. The first-order valence-electron chi connectivity index (χ1n) is 9.25. The molecule has 0 aliphatic rings. The van der Waals surface area contributed by atoms with Crippen LogP contribution < -0.4 is 15.6 Å². The Morgan fingerprint density at radius 2 is 2.00 bits per heavy atom. The molecule has 0 spiro atoms. The van der Waals surface area contributed by atoms with Gasteiger partial charge in [0.25, 0.3) is 5.56 Å². The summed E-state index contributed by atoms with van der Waals surface area (Å²) in [5.74, 6) is 0.757. The average Bonchev–Trinajstić information content (AvgIpc) is 3.24. The maximum Gasteiger partial charge on any atom is 0.316 e. The van der Waals surface area contributed by atoms with Crippen molar-refractivity contribution in [3.8, 4) is 5.75 Å². The van der Waals surface area contributed by atoms with E-state index in [1.54, 1.807) is 32.2 Å². The van der Waals surface area contributed by atoms with Gasteiger partial charge in [-0.2, -0.15) is 4.98 Å². The van der Waals surface area contributed by atoms with Crippen molar-refractivity contribution < 1.29 is 14.1 Å². The number of aryl methyl sites for hydroxylation is 1. The van der Waals surface area contributed by atoms with Crippen molar-refractivity contribution in [2.24, 2.45) is 0 Å². The number of hydrogen-bond donors (Lipinski definition) is 1. The maximum atomic E-state index is 12.8. The van der Waals surface area contributed by atoms with E-state index in [2.05, 4.69) is 20.4 Å². The van der Waals surface area contributed by atoms with Gasteiger partial charge in [0.2, 0.25) is 0 Å². The summed E-state index contributed by atoms with van der Waals surface area (Å²) in [6.07, 6.45) is 0. The first kappa shape index (κ1) is 19.3. The van der Waals surface area contributed by atoms with Crippen molar-refractivity contribution in [1.29, 1.82) is 0 Å². The van der Waals surface area contributed by atoms with E-state index in [0.717, 1.165) is 5.56 Å². The number of rotatable bonds is 6. The Morgan fingerprint density at radius 3 is 2.83 bits per heavy atom. The molecule has 0 fully saturated rings. The molecule has 1 amide bonds. The smallest absolute Gasteiger partial charge is 0.316 e. The number of amides is 1. The van der Waals surface area contributed by atoms with Gasteiger partial charge in [-0.1, -0.05) is 29.4 Å². The fourth-order valence-corrected chi connectivity index (χ4v) is 3.06. The van der Waals surface area contributed by atoms with Gasteiger partial charge in [0.1, 0.15) is 11.6 Å². The van der Waals surface area contributed by atoms with Gasteiger partial charge in [0.15, 0.2) is 5.82 Å². The van der Waals surface area contributed by atoms with E-state index in [0.29, 0.717) is 22.5 Å². The van der Waals surface area contributed by atoms with Crippen LogP contribution in [0.15, 0.2) is 57.8 Å². The molecule has 4 rings (SSSR count). The SMILES string of the molecule is COc1cccc(CNC(=O)c2nc(Cn3c(C)nc4ccccc4c3=O)no2)c1. The van der Waals surface area contributed by atoms with E-state index in [-0.39, 0.29) is 30.4 Å². The highest BCUT2D eigenvalue weighted by atomic mass is 16.5. The number of carbonyl (C=O) groups is 1. The summed E-state index contributed by atoms with van der Waals surface area (Å²) in [4.78, 5) is 33.6. The van der Waals surface area contributed by atoms with E-state index in [1.165, 1.54) is 4.57 Å². The second-order valence-corrected chi connectivity index (χ2v) is 6.62. The number of fused-ring (bicyclic) bond motifs is 1. The number of aromatic nitrogens is 4. The van der Waals surface area contributed by atoms with Gasteiger partial charge < -0.3 is 14.6 Å². The van der Waals surface area contributed by atoms with Gasteiger partial charge in [0.05, 0.1) is 24.6 Å². The number of methoxy groups -OCH3 is 1.